The second-order valence-corrected chi connectivity index (χ2v) is 5.21. The minimum absolute atomic E-state index is 0.410. The van der Waals surface area contributed by atoms with Gasteiger partial charge in [0.2, 0.25) is 0 Å². The second kappa shape index (κ2) is 7.72. The molecule has 1 heteroatoms. The Morgan fingerprint density at radius 1 is 1.15 bits per heavy atom. The summed E-state index contributed by atoms with van der Waals surface area (Å²) in [7, 11) is 0. The molecule has 1 atom stereocenters. The first-order valence-corrected chi connectivity index (χ1v) is 7.50. The molecular weight excluding hydrogens is 242 g/mol. The number of hydrogen-bond donors (Lipinski definition) is 1. The largest absolute Gasteiger partial charge is 0.310 e. The Hall–Kier alpha value is -1.78. The van der Waals surface area contributed by atoms with Crippen LogP contribution in [0.4, 0.5) is 0 Å². The van der Waals surface area contributed by atoms with Crippen molar-refractivity contribution in [3.8, 4) is 12.3 Å². The predicted molar refractivity (Wildman–Crippen MR) is 87.7 cm³/mol. The molecule has 0 aliphatic rings. The number of unbranched alkanes of at least 4 members (excludes halogenated alkanes) is 1. The first-order chi connectivity index (χ1) is 9.85. The van der Waals surface area contributed by atoms with Gasteiger partial charge in [0.1, 0.15) is 0 Å². The Labute approximate surface area is 122 Å². The lowest BCUT2D eigenvalue weighted by atomic mass is 9.98. The number of hydrogen-bond acceptors (Lipinski definition) is 1. The molecule has 0 fully saturated rings. The van der Waals surface area contributed by atoms with Crippen LogP contribution in [0, 0.1) is 12.3 Å². The summed E-state index contributed by atoms with van der Waals surface area (Å²) in [5.74, 6) is 2.73. The van der Waals surface area contributed by atoms with Crippen molar-refractivity contribution in [2.45, 2.75) is 38.6 Å². The topological polar surface area (TPSA) is 12.0 Å². The van der Waals surface area contributed by atoms with E-state index in [9.17, 15) is 0 Å². The third-order valence-electron chi connectivity index (χ3n) is 3.63. The molecule has 0 spiro atoms. The Bertz CT molecular complexity index is 580. The number of terminal acetylenes is 1. The van der Waals surface area contributed by atoms with E-state index in [1.54, 1.807) is 0 Å². The van der Waals surface area contributed by atoms with E-state index in [2.05, 4.69) is 60.6 Å². The minimum Gasteiger partial charge on any atom is -0.310 e. The van der Waals surface area contributed by atoms with Gasteiger partial charge in [-0.15, -0.1) is 12.3 Å². The molecule has 2 aromatic rings. The van der Waals surface area contributed by atoms with E-state index < -0.39 is 0 Å². The molecule has 1 nitrogen and oxygen atoms in total. The zero-order chi connectivity index (χ0) is 14.2. The molecule has 0 saturated carbocycles. The van der Waals surface area contributed by atoms with Crippen LogP contribution in [-0.4, -0.2) is 6.54 Å². The quantitative estimate of drug-likeness (QED) is 0.566. The molecule has 0 aliphatic carbocycles. The van der Waals surface area contributed by atoms with Crippen LogP contribution in [0.1, 0.15) is 44.2 Å². The van der Waals surface area contributed by atoms with Crippen LogP contribution in [0.5, 0.6) is 0 Å². The summed E-state index contributed by atoms with van der Waals surface area (Å²) < 4.78 is 0. The average Bonchev–Trinajstić information content (AvgIpc) is 2.50. The van der Waals surface area contributed by atoms with Gasteiger partial charge in [-0.05, 0) is 48.2 Å². The van der Waals surface area contributed by atoms with E-state index in [0.717, 1.165) is 32.2 Å². The molecule has 0 bridgehead atoms. The summed E-state index contributed by atoms with van der Waals surface area (Å²) in [5, 5.41) is 6.25. The normalized spacial score (nSPS) is 12.2. The molecule has 0 heterocycles. The van der Waals surface area contributed by atoms with Gasteiger partial charge in [-0.3, -0.25) is 0 Å². The third-order valence-corrected chi connectivity index (χ3v) is 3.63. The van der Waals surface area contributed by atoms with Gasteiger partial charge in [-0.2, -0.15) is 0 Å². The molecule has 1 unspecified atom stereocenters. The van der Waals surface area contributed by atoms with E-state index in [4.69, 9.17) is 6.42 Å². The lowest BCUT2D eigenvalue weighted by Gasteiger charge is -2.19. The molecule has 0 saturated heterocycles. The van der Waals surface area contributed by atoms with Crippen LogP contribution in [-0.2, 0) is 0 Å². The summed E-state index contributed by atoms with van der Waals surface area (Å²) in [6.07, 6.45) is 9.54. The van der Waals surface area contributed by atoms with Gasteiger partial charge in [0.15, 0.2) is 0 Å². The maximum Gasteiger partial charge on any atom is 0.0320 e. The molecule has 0 aliphatic heterocycles. The fraction of sp³-hybridized carbons (Fsp3) is 0.368. The van der Waals surface area contributed by atoms with Crippen LogP contribution < -0.4 is 5.32 Å². The average molecular weight is 265 g/mol. The summed E-state index contributed by atoms with van der Waals surface area (Å²) >= 11 is 0. The monoisotopic (exact) mass is 265 g/mol. The first-order valence-electron chi connectivity index (χ1n) is 7.50. The highest BCUT2D eigenvalue weighted by Gasteiger charge is 2.10. The molecule has 1 N–H and O–H groups in total. The van der Waals surface area contributed by atoms with Crippen LogP contribution in [0.25, 0.3) is 10.8 Å². The van der Waals surface area contributed by atoms with Crippen molar-refractivity contribution < 1.29 is 0 Å². The van der Waals surface area contributed by atoms with Crippen molar-refractivity contribution in [1.82, 2.24) is 5.32 Å². The lowest BCUT2D eigenvalue weighted by molar-refractivity contribution is 0.488. The van der Waals surface area contributed by atoms with Gasteiger partial charge >= 0.3 is 0 Å². The fourth-order valence-electron chi connectivity index (χ4n) is 2.54. The van der Waals surface area contributed by atoms with E-state index in [0.29, 0.717) is 6.04 Å². The van der Waals surface area contributed by atoms with E-state index >= 15 is 0 Å². The SMILES string of the molecule is C#CCCCC(NCCC)c1ccc2ccccc2c1. The second-order valence-electron chi connectivity index (χ2n) is 5.21. The Morgan fingerprint density at radius 3 is 2.70 bits per heavy atom. The summed E-state index contributed by atoms with van der Waals surface area (Å²) in [5.41, 5.74) is 1.37. The van der Waals surface area contributed by atoms with E-state index in [1.165, 1.54) is 16.3 Å². The molecule has 2 aromatic carbocycles. The Morgan fingerprint density at radius 2 is 1.95 bits per heavy atom. The molecule has 0 aromatic heterocycles. The predicted octanol–water partition coefficient (Wildman–Crippen LogP) is 4.68. The molecular formula is C19H23N. The van der Waals surface area contributed by atoms with Crippen molar-refractivity contribution in [3.05, 3.63) is 48.0 Å². The molecule has 0 amide bonds. The molecule has 0 radical (unpaired) electrons. The maximum absolute atomic E-state index is 5.36. The van der Waals surface area contributed by atoms with E-state index in [1.807, 2.05) is 0 Å². The highest BCUT2D eigenvalue weighted by Crippen LogP contribution is 2.24. The summed E-state index contributed by atoms with van der Waals surface area (Å²) in [6, 6.07) is 15.7. The van der Waals surface area contributed by atoms with Crippen LogP contribution in [0.2, 0.25) is 0 Å². The van der Waals surface area contributed by atoms with Crippen molar-refractivity contribution >= 4 is 10.8 Å². The van der Waals surface area contributed by atoms with Gasteiger partial charge in [0.05, 0.1) is 0 Å². The lowest BCUT2D eigenvalue weighted by Crippen LogP contribution is -2.22. The zero-order valence-corrected chi connectivity index (χ0v) is 12.2. The summed E-state index contributed by atoms with van der Waals surface area (Å²) in [4.78, 5) is 0. The first kappa shape index (κ1) is 14.6. The van der Waals surface area contributed by atoms with Crippen molar-refractivity contribution in [1.29, 1.82) is 0 Å². The van der Waals surface area contributed by atoms with Gasteiger partial charge in [-0.25, -0.2) is 0 Å². The van der Waals surface area contributed by atoms with Gasteiger partial charge in [-0.1, -0.05) is 43.3 Å². The van der Waals surface area contributed by atoms with Crippen molar-refractivity contribution in [2.75, 3.05) is 6.54 Å². The molecule has 2 rings (SSSR count). The van der Waals surface area contributed by atoms with Gasteiger partial charge < -0.3 is 5.32 Å². The van der Waals surface area contributed by atoms with Gasteiger partial charge in [0, 0.05) is 12.5 Å². The number of benzene rings is 2. The van der Waals surface area contributed by atoms with Crippen LogP contribution in [0.15, 0.2) is 42.5 Å². The molecule has 20 heavy (non-hydrogen) atoms. The third kappa shape index (κ3) is 3.85. The number of nitrogens with one attached hydrogen (secondary N) is 1. The molecule has 104 valence electrons. The number of fused-ring (bicyclic) bond motifs is 1. The summed E-state index contributed by atoms with van der Waals surface area (Å²) in [6.45, 7) is 3.25. The smallest absolute Gasteiger partial charge is 0.0320 e. The van der Waals surface area contributed by atoms with Crippen molar-refractivity contribution in [2.24, 2.45) is 0 Å². The highest BCUT2D eigenvalue weighted by atomic mass is 14.9. The highest BCUT2D eigenvalue weighted by molar-refractivity contribution is 5.83. The minimum atomic E-state index is 0.410. The van der Waals surface area contributed by atoms with Crippen LogP contribution >= 0.6 is 0 Å². The fourth-order valence-corrected chi connectivity index (χ4v) is 2.54. The zero-order valence-electron chi connectivity index (χ0n) is 12.2. The van der Waals surface area contributed by atoms with Crippen molar-refractivity contribution in [3.63, 3.8) is 0 Å². The standard InChI is InChI=1S/C19H23N/c1-3-5-6-11-19(20-14-4-2)18-13-12-16-9-7-8-10-17(16)15-18/h1,7-10,12-13,15,19-20H,4-6,11,14H2,2H3. The van der Waals surface area contributed by atoms with Crippen LogP contribution in [0.3, 0.4) is 0 Å². The Balaban J connectivity index is 2.18. The Kier molecular flexibility index (Phi) is 5.65. The number of rotatable bonds is 7. The maximum atomic E-state index is 5.36. The van der Waals surface area contributed by atoms with E-state index in [-0.39, 0.29) is 0 Å². The van der Waals surface area contributed by atoms with Gasteiger partial charge in [0.25, 0.3) is 0 Å².